The lowest BCUT2D eigenvalue weighted by atomic mass is 9.87. The molecule has 0 fully saturated rings. The summed E-state index contributed by atoms with van der Waals surface area (Å²) in [5, 5.41) is 0. The molecule has 0 aliphatic heterocycles. The second kappa shape index (κ2) is 29.0. The van der Waals surface area contributed by atoms with Crippen LogP contribution in [0.5, 0.6) is 0 Å². The van der Waals surface area contributed by atoms with Gasteiger partial charge in [0.05, 0.1) is 6.61 Å². The van der Waals surface area contributed by atoms with E-state index in [0.717, 1.165) is 44.1 Å². The Bertz CT molecular complexity index is 1170. The van der Waals surface area contributed by atoms with Crippen LogP contribution < -0.4 is 0 Å². The fourth-order valence-electron chi connectivity index (χ4n) is 7.64. The van der Waals surface area contributed by atoms with E-state index in [4.69, 9.17) is 4.74 Å². The van der Waals surface area contributed by atoms with Crippen LogP contribution in [0.15, 0.2) is 41.5 Å². The van der Waals surface area contributed by atoms with Gasteiger partial charge >= 0.3 is 5.97 Å². The van der Waals surface area contributed by atoms with E-state index in [1.165, 1.54) is 158 Å². The first-order valence-electron chi connectivity index (χ1n) is 21.5. The zero-order valence-corrected chi connectivity index (χ0v) is 33.6. The summed E-state index contributed by atoms with van der Waals surface area (Å²) < 4.78 is 5.56. The summed E-state index contributed by atoms with van der Waals surface area (Å²) in [5.41, 5.74) is 4.85. The molecule has 1 aliphatic carbocycles. The molecule has 0 heterocycles. The molecule has 4 heteroatoms. The first kappa shape index (κ1) is 44.7. The predicted molar refractivity (Wildman–Crippen MR) is 217 cm³/mol. The summed E-state index contributed by atoms with van der Waals surface area (Å²) in [7, 11) is 0. The molecule has 0 saturated heterocycles. The summed E-state index contributed by atoms with van der Waals surface area (Å²) in [4.78, 5) is 36.6. The Morgan fingerprint density at radius 2 is 1.04 bits per heavy atom. The number of hydrogen-bond donors (Lipinski definition) is 0. The van der Waals surface area contributed by atoms with Crippen molar-refractivity contribution in [2.24, 2.45) is 5.92 Å². The van der Waals surface area contributed by atoms with Gasteiger partial charge in [-0.2, -0.15) is 0 Å². The number of rotatable bonds is 32. The molecule has 0 aromatic heterocycles. The quantitative estimate of drug-likeness (QED) is 0.0425. The molecular formula is C47H76O4. The molecule has 1 unspecified atom stereocenters. The third kappa shape index (κ3) is 21.0. The SMILES string of the molecule is CCCCCCCCCCCCCCCCCCCCCCCCCC(=O)OCCCC(C)C(CCc1ccc2c(c1)C(=O)C=CC2=O)=C(C)C. The zero-order valence-electron chi connectivity index (χ0n) is 33.6. The zero-order chi connectivity index (χ0) is 36.9. The van der Waals surface area contributed by atoms with Crippen LogP contribution in [-0.2, 0) is 16.0 Å². The number of ether oxygens (including phenoxy) is 1. The van der Waals surface area contributed by atoms with Crippen molar-refractivity contribution in [3.8, 4) is 0 Å². The van der Waals surface area contributed by atoms with Gasteiger partial charge in [0.2, 0.25) is 0 Å². The Morgan fingerprint density at radius 3 is 1.51 bits per heavy atom. The predicted octanol–water partition coefficient (Wildman–Crippen LogP) is 14.2. The highest BCUT2D eigenvalue weighted by molar-refractivity contribution is 6.22. The molecule has 0 saturated carbocycles. The summed E-state index contributed by atoms with van der Waals surface area (Å²) in [5.74, 6) is 0.157. The lowest BCUT2D eigenvalue weighted by molar-refractivity contribution is -0.143. The summed E-state index contributed by atoms with van der Waals surface area (Å²) in [6.45, 7) is 9.36. The van der Waals surface area contributed by atoms with E-state index < -0.39 is 0 Å². The minimum absolute atomic E-state index is 0.0520. The van der Waals surface area contributed by atoms with E-state index in [-0.39, 0.29) is 17.5 Å². The molecule has 0 radical (unpaired) electrons. The maximum Gasteiger partial charge on any atom is 0.305 e. The van der Waals surface area contributed by atoms with Gasteiger partial charge < -0.3 is 4.74 Å². The van der Waals surface area contributed by atoms with E-state index in [1.807, 2.05) is 12.1 Å². The van der Waals surface area contributed by atoms with Gasteiger partial charge in [0.25, 0.3) is 0 Å². The summed E-state index contributed by atoms with van der Waals surface area (Å²) in [6.07, 6.45) is 38.5. The largest absolute Gasteiger partial charge is 0.466 e. The lowest BCUT2D eigenvalue weighted by Crippen LogP contribution is -2.12. The van der Waals surface area contributed by atoms with Crippen molar-refractivity contribution in [1.29, 1.82) is 0 Å². The fraction of sp³-hybridized carbons (Fsp3) is 0.723. The van der Waals surface area contributed by atoms with Gasteiger partial charge in [0.15, 0.2) is 11.6 Å². The Hall–Kier alpha value is -2.49. The van der Waals surface area contributed by atoms with E-state index in [2.05, 4.69) is 27.7 Å². The highest BCUT2D eigenvalue weighted by atomic mass is 16.5. The monoisotopic (exact) mass is 705 g/mol. The third-order valence-electron chi connectivity index (χ3n) is 11.0. The molecule has 288 valence electrons. The van der Waals surface area contributed by atoms with Crippen molar-refractivity contribution in [1.82, 2.24) is 0 Å². The number of benzene rings is 1. The van der Waals surface area contributed by atoms with Crippen LogP contribution in [0, 0.1) is 5.92 Å². The van der Waals surface area contributed by atoms with Gasteiger partial charge in [-0.3, -0.25) is 14.4 Å². The molecule has 0 spiro atoms. The number of unbranched alkanes of at least 4 members (excludes halogenated alkanes) is 22. The van der Waals surface area contributed by atoms with Gasteiger partial charge in [0.1, 0.15) is 0 Å². The number of fused-ring (bicyclic) bond motifs is 1. The van der Waals surface area contributed by atoms with Gasteiger partial charge in [0, 0.05) is 17.5 Å². The molecule has 51 heavy (non-hydrogen) atoms. The summed E-state index contributed by atoms with van der Waals surface area (Å²) in [6, 6.07) is 5.64. The van der Waals surface area contributed by atoms with E-state index >= 15 is 0 Å². The second-order valence-corrected chi connectivity index (χ2v) is 15.8. The molecule has 1 aliphatic rings. The maximum absolute atomic E-state index is 12.3. The van der Waals surface area contributed by atoms with Crippen LogP contribution in [-0.4, -0.2) is 24.1 Å². The van der Waals surface area contributed by atoms with Crippen LogP contribution >= 0.6 is 0 Å². The average Bonchev–Trinajstić information content (AvgIpc) is 3.12. The number of allylic oxidation sites excluding steroid dienone is 4. The van der Waals surface area contributed by atoms with Crippen LogP contribution in [0.3, 0.4) is 0 Å². The lowest BCUT2D eigenvalue weighted by Gasteiger charge is -2.19. The first-order valence-corrected chi connectivity index (χ1v) is 21.5. The van der Waals surface area contributed by atoms with Crippen molar-refractivity contribution in [3.05, 3.63) is 58.2 Å². The van der Waals surface area contributed by atoms with Gasteiger partial charge in [-0.1, -0.05) is 178 Å². The summed E-state index contributed by atoms with van der Waals surface area (Å²) >= 11 is 0. The van der Waals surface area contributed by atoms with Gasteiger partial charge in [-0.05, 0) is 75.7 Å². The number of ketones is 2. The minimum atomic E-state index is -0.100. The molecule has 1 aromatic rings. The minimum Gasteiger partial charge on any atom is -0.466 e. The van der Waals surface area contributed by atoms with E-state index in [9.17, 15) is 14.4 Å². The number of carbonyl (C=O) groups excluding carboxylic acids is 3. The third-order valence-corrected chi connectivity index (χ3v) is 11.0. The number of esters is 1. The topological polar surface area (TPSA) is 60.4 Å². The highest BCUT2D eigenvalue weighted by Crippen LogP contribution is 2.27. The van der Waals surface area contributed by atoms with Crippen LogP contribution in [0.1, 0.15) is 227 Å². The molecule has 4 nitrogen and oxygen atoms in total. The fourth-order valence-corrected chi connectivity index (χ4v) is 7.64. The van der Waals surface area contributed by atoms with E-state index in [0.29, 0.717) is 30.1 Å². The average molecular weight is 705 g/mol. The first-order chi connectivity index (χ1) is 24.8. The molecule has 0 amide bonds. The molecular weight excluding hydrogens is 629 g/mol. The smallest absolute Gasteiger partial charge is 0.305 e. The molecule has 0 N–H and O–H groups in total. The van der Waals surface area contributed by atoms with Crippen molar-refractivity contribution in [3.63, 3.8) is 0 Å². The maximum atomic E-state index is 12.3. The molecule has 1 aromatic carbocycles. The van der Waals surface area contributed by atoms with Crippen LogP contribution in [0.2, 0.25) is 0 Å². The number of hydrogen-bond acceptors (Lipinski definition) is 4. The van der Waals surface area contributed by atoms with Crippen molar-refractivity contribution in [2.75, 3.05) is 6.61 Å². The van der Waals surface area contributed by atoms with Crippen molar-refractivity contribution in [2.45, 2.75) is 207 Å². The van der Waals surface area contributed by atoms with Crippen LogP contribution in [0.4, 0.5) is 0 Å². The normalized spacial score (nSPS) is 13.0. The molecule has 1 atom stereocenters. The highest BCUT2D eigenvalue weighted by Gasteiger charge is 2.19. The van der Waals surface area contributed by atoms with Crippen molar-refractivity contribution < 1.29 is 19.1 Å². The Balaban J connectivity index is 1.37. The number of aryl methyl sites for hydroxylation is 1. The van der Waals surface area contributed by atoms with E-state index in [1.54, 1.807) is 6.07 Å². The van der Waals surface area contributed by atoms with Crippen molar-refractivity contribution >= 4 is 17.5 Å². The van der Waals surface area contributed by atoms with Gasteiger partial charge in [-0.25, -0.2) is 0 Å². The Morgan fingerprint density at radius 1 is 0.588 bits per heavy atom. The van der Waals surface area contributed by atoms with Crippen LogP contribution in [0.25, 0.3) is 0 Å². The van der Waals surface area contributed by atoms with Gasteiger partial charge in [-0.15, -0.1) is 0 Å². The molecule has 0 bridgehead atoms. The standard InChI is InChI=1S/C47H76O4/c1-5-6-7-8-9-10-11-12-13-14-15-16-17-18-19-20-21-22-23-24-25-26-27-30-47(50)51-37-28-29-40(4)42(39(2)3)33-31-41-32-34-43-44(38-41)46(49)36-35-45(43)48/h32,34-36,38,40H,5-31,33,37H2,1-4H3. The molecule has 2 rings (SSSR count). The Labute approximate surface area is 314 Å². The Kier molecular flexibility index (Phi) is 25.4. The second-order valence-electron chi connectivity index (χ2n) is 15.8. The number of carbonyl (C=O) groups is 3.